The van der Waals surface area contributed by atoms with Crippen LogP contribution in [0.5, 0.6) is 0 Å². The maximum Gasteiger partial charge on any atom is 0.307 e. The van der Waals surface area contributed by atoms with Crippen LogP contribution in [0.1, 0.15) is 12.8 Å². The number of allylic oxidation sites excluding steroid dienone is 2. The van der Waals surface area contributed by atoms with Gasteiger partial charge in [-0.25, -0.2) is 4.39 Å². The minimum atomic E-state index is -0.967. The lowest BCUT2D eigenvalue weighted by Gasteiger charge is -2.24. The maximum absolute atomic E-state index is 12.9. The number of anilines is 2. The Labute approximate surface area is 177 Å². The van der Waals surface area contributed by atoms with Crippen LogP contribution in [-0.2, 0) is 14.4 Å². The second kappa shape index (κ2) is 10.1. The third-order valence-corrected chi connectivity index (χ3v) is 5.72. The normalized spacial score (nSPS) is 17.9. The van der Waals surface area contributed by atoms with Gasteiger partial charge in [-0.2, -0.15) is 0 Å². The molecule has 1 aliphatic carbocycles. The highest BCUT2D eigenvalue weighted by molar-refractivity contribution is 8.00. The molecule has 0 radical (unpaired) electrons. The number of nitrogens with one attached hydrogen (secondary N) is 2. The van der Waals surface area contributed by atoms with Crippen LogP contribution in [0.2, 0.25) is 0 Å². The zero-order valence-electron chi connectivity index (χ0n) is 16.0. The van der Waals surface area contributed by atoms with Gasteiger partial charge in [0.1, 0.15) is 5.82 Å². The molecule has 2 unspecified atom stereocenters. The topological polar surface area (TPSA) is 95.5 Å². The molecule has 156 valence electrons. The molecule has 0 fully saturated rings. The Hall–Kier alpha value is -3.13. The van der Waals surface area contributed by atoms with Gasteiger partial charge in [-0.15, -0.1) is 11.8 Å². The number of carbonyl (C=O) groups excluding carboxylic acids is 2. The third-order valence-electron chi connectivity index (χ3n) is 4.71. The van der Waals surface area contributed by atoms with Crippen molar-refractivity contribution in [3.05, 3.63) is 66.5 Å². The molecular formula is C22H21FN2O4S. The molecule has 0 saturated heterocycles. The van der Waals surface area contributed by atoms with Gasteiger partial charge in [0.2, 0.25) is 11.8 Å². The number of hydrogen-bond donors (Lipinski definition) is 3. The highest BCUT2D eigenvalue weighted by atomic mass is 32.2. The van der Waals surface area contributed by atoms with Gasteiger partial charge in [-0.1, -0.05) is 12.2 Å². The minimum Gasteiger partial charge on any atom is -0.481 e. The minimum absolute atomic E-state index is 0.178. The molecule has 0 bridgehead atoms. The van der Waals surface area contributed by atoms with Crippen LogP contribution in [0.4, 0.5) is 15.8 Å². The van der Waals surface area contributed by atoms with Crippen molar-refractivity contribution in [2.75, 3.05) is 16.4 Å². The van der Waals surface area contributed by atoms with Gasteiger partial charge < -0.3 is 15.7 Å². The van der Waals surface area contributed by atoms with Crippen molar-refractivity contribution >= 4 is 40.9 Å². The molecule has 30 heavy (non-hydrogen) atoms. The molecule has 2 atom stereocenters. The fraction of sp³-hybridized carbons (Fsp3) is 0.227. The molecule has 8 heteroatoms. The fourth-order valence-corrected chi connectivity index (χ4v) is 3.82. The van der Waals surface area contributed by atoms with Crippen molar-refractivity contribution in [2.45, 2.75) is 17.7 Å². The zero-order chi connectivity index (χ0) is 21.5. The predicted molar refractivity (Wildman–Crippen MR) is 114 cm³/mol. The van der Waals surface area contributed by atoms with Gasteiger partial charge in [0.05, 0.1) is 17.6 Å². The molecule has 0 spiro atoms. The second-order valence-electron chi connectivity index (χ2n) is 6.85. The highest BCUT2D eigenvalue weighted by Gasteiger charge is 2.33. The van der Waals surface area contributed by atoms with Crippen LogP contribution in [0.15, 0.2) is 65.6 Å². The number of rotatable bonds is 7. The maximum atomic E-state index is 12.9. The molecule has 1 aliphatic rings. The lowest BCUT2D eigenvalue weighted by atomic mass is 9.82. The molecule has 3 rings (SSSR count). The van der Waals surface area contributed by atoms with Crippen LogP contribution < -0.4 is 10.6 Å². The Bertz CT molecular complexity index is 945. The third kappa shape index (κ3) is 5.93. The van der Waals surface area contributed by atoms with E-state index in [4.69, 9.17) is 0 Å². The molecule has 0 aliphatic heterocycles. The molecule has 2 aromatic rings. The van der Waals surface area contributed by atoms with Gasteiger partial charge in [0.25, 0.3) is 0 Å². The van der Waals surface area contributed by atoms with Crippen LogP contribution >= 0.6 is 11.8 Å². The first kappa shape index (κ1) is 21.6. The lowest BCUT2D eigenvalue weighted by Crippen LogP contribution is -2.34. The van der Waals surface area contributed by atoms with Gasteiger partial charge in [0.15, 0.2) is 0 Å². The van der Waals surface area contributed by atoms with E-state index in [2.05, 4.69) is 10.6 Å². The van der Waals surface area contributed by atoms with Crippen LogP contribution in [0.25, 0.3) is 0 Å². The summed E-state index contributed by atoms with van der Waals surface area (Å²) >= 11 is 1.33. The predicted octanol–water partition coefficient (Wildman–Crippen LogP) is 4.16. The number of hydrogen-bond acceptors (Lipinski definition) is 4. The summed E-state index contributed by atoms with van der Waals surface area (Å²) in [5, 5.41) is 14.8. The second-order valence-corrected chi connectivity index (χ2v) is 7.90. The average molecular weight is 428 g/mol. The van der Waals surface area contributed by atoms with Crippen LogP contribution in [-0.4, -0.2) is 28.6 Å². The molecule has 0 saturated carbocycles. The summed E-state index contributed by atoms with van der Waals surface area (Å²) in [6.07, 6.45) is 4.38. The lowest BCUT2D eigenvalue weighted by molar-refractivity contribution is -0.146. The van der Waals surface area contributed by atoms with Crippen molar-refractivity contribution in [1.82, 2.24) is 0 Å². The molecular weight excluding hydrogens is 407 g/mol. The summed E-state index contributed by atoms with van der Waals surface area (Å²) in [7, 11) is 0. The monoisotopic (exact) mass is 428 g/mol. The van der Waals surface area contributed by atoms with Crippen molar-refractivity contribution in [3.8, 4) is 0 Å². The first-order valence-electron chi connectivity index (χ1n) is 9.39. The smallest absolute Gasteiger partial charge is 0.307 e. The summed E-state index contributed by atoms with van der Waals surface area (Å²) in [5.74, 6) is -3.00. The number of thioether (sulfide) groups is 1. The van der Waals surface area contributed by atoms with E-state index in [9.17, 15) is 23.9 Å². The summed E-state index contributed by atoms with van der Waals surface area (Å²) in [6, 6.07) is 12.5. The number of carboxylic acids is 1. The first-order chi connectivity index (χ1) is 14.4. The summed E-state index contributed by atoms with van der Waals surface area (Å²) < 4.78 is 12.9. The van der Waals surface area contributed by atoms with E-state index in [1.54, 1.807) is 30.3 Å². The number of carbonyl (C=O) groups is 3. The van der Waals surface area contributed by atoms with E-state index >= 15 is 0 Å². The van der Waals surface area contributed by atoms with E-state index in [1.807, 2.05) is 6.08 Å². The Morgan fingerprint density at radius 1 is 0.900 bits per heavy atom. The number of aliphatic carboxylic acids is 1. The zero-order valence-corrected chi connectivity index (χ0v) is 16.8. The standard InChI is InChI=1S/C22H21FN2O4S/c23-14-5-7-15(8-6-14)24-20(26)13-30-17-11-9-16(10-12-17)25-21(27)18-3-1-2-4-19(18)22(28)29/h1-2,5-12,18-19H,3-4,13H2,(H,24,26)(H,25,27)(H,28,29). The Balaban J connectivity index is 1.50. The van der Waals surface area contributed by atoms with E-state index in [1.165, 1.54) is 36.0 Å². The van der Waals surface area contributed by atoms with Crippen molar-refractivity contribution < 1.29 is 23.9 Å². The highest BCUT2D eigenvalue weighted by Crippen LogP contribution is 2.28. The van der Waals surface area contributed by atoms with E-state index in [0.717, 1.165) is 4.90 Å². The van der Waals surface area contributed by atoms with E-state index in [-0.39, 0.29) is 23.4 Å². The number of halogens is 1. The first-order valence-corrected chi connectivity index (χ1v) is 10.4. The van der Waals surface area contributed by atoms with Crippen molar-refractivity contribution in [3.63, 3.8) is 0 Å². The van der Waals surface area contributed by atoms with Gasteiger partial charge in [-0.3, -0.25) is 14.4 Å². The Morgan fingerprint density at radius 2 is 1.47 bits per heavy atom. The van der Waals surface area contributed by atoms with Crippen molar-refractivity contribution in [1.29, 1.82) is 0 Å². The number of benzene rings is 2. The molecule has 0 aromatic heterocycles. The fourth-order valence-electron chi connectivity index (χ4n) is 3.13. The van der Waals surface area contributed by atoms with Gasteiger partial charge >= 0.3 is 5.97 Å². The largest absolute Gasteiger partial charge is 0.481 e. The van der Waals surface area contributed by atoms with Crippen molar-refractivity contribution in [2.24, 2.45) is 11.8 Å². The van der Waals surface area contributed by atoms with Crippen LogP contribution in [0.3, 0.4) is 0 Å². The molecule has 2 aromatic carbocycles. The SMILES string of the molecule is O=C(CSc1ccc(NC(=O)C2CC=CCC2C(=O)O)cc1)Nc1ccc(F)cc1. The van der Waals surface area contributed by atoms with E-state index in [0.29, 0.717) is 24.2 Å². The molecule has 2 amide bonds. The number of carboxylic acid groups (broad SMARTS) is 1. The summed E-state index contributed by atoms with van der Waals surface area (Å²) in [6.45, 7) is 0. The molecule has 0 heterocycles. The van der Waals surface area contributed by atoms with E-state index < -0.39 is 17.8 Å². The molecule has 6 nitrogen and oxygen atoms in total. The summed E-state index contributed by atoms with van der Waals surface area (Å²) in [5.41, 5.74) is 1.09. The number of amides is 2. The molecule has 3 N–H and O–H groups in total. The van der Waals surface area contributed by atoms with Gasteiger partial charge in [-0.05, 0) is 61.4 Å². The van der Waals surface area contributed by atoms with Crippen LogP contribution in [0, 0.1) is 17.7 Å². The Morgan fingerprint density at radius 3 is 2.10 bits per heavy atom. The summed E-state index contributed by atoms with van der Waals surface area (Å²) in [4.78, 5) is 36.7. The van der Waals surface area contributed by atoms with Gasteiger partial charge in [0, 0.05) is 16.3 Å². The quantitative estimate of drug-likeness (QED) is 0.455. The average Bonchev–Trinajstić information content (AvgIpc) is 2.75. The Kier molecular flexibility index (Phi) is 7.24.